The van der Waals surface area contributed by atoms with Crippen LogP contribution < -0.4 is 14.8 Å². The van der Waals surface area contributed by atoms with Gasteiger partial charge in [0, 0.05) is 19.2 Å². The zero-order chi connectivity index (χ0) is 22.1. The molecule has 1 fully saturated rings. The summed E-state index contributed by atoms with van der Waals surface area (Å²) in [6.07, 6.45) is 7.26. The van der Waals surface area contributed by atoms with E-state index in [1.54, 1.807) is 25.3 Å². The van der Waals surface area contributed by atoms with Gasteiger partial charge in [-0.15, -0.1) is 0 Å². The van der Waals surface area contributed by atoms with Crippen LogP contribution in [0.25, 0.3) is 6.08 Å². The number of anilines is 1. The van der Waals surface area contributed by atoms with Gasteiger partial charge >= 0.3 is 0 Å². The van der Waals surface area contributed by atoms with Crippen LogP contribution in [-0.2, 0) is 4.79 Å². The molecule has 0 radical (unpaired) electrons. The third-order valence-electron chi connectivity index (χ3n) is 5.14. The number of para-hydroxylation sites is 1. The maximum absolute atomic E-state index is 12.9. The molecule has 1 saturated heterocycles. The maximum atomic E-state index is 12.9. The van der Waals surface area contributed by atoms with Crippen molar-refractivity contribution in [1.82, 2.24) is 4.90 Å². The molecule has 2 amide bonds. The summed E-state index contributed by atoms with van der Waals surface area (Å²) in [5.74, 6) is 0.959. The van der Waals surface area contributed by atoms with Crippen molar-refractivity contribution in [3.8, 4) is 11.5 Å². The first-order valence-electron chi connectivity index (χ1n) is 10.8. The zero-order valence-electron chi connectivity index (χ0n) is 18.2. The predicted octanol–water partition coefficient (Wildman–Crippen LogP) is 4.76. The monoisotopic (exact) mass is 422 g/mol. The van der Waals surface area contributed by atoms with E-state index < -0.39 is 0 Å². The summed E-state index contributed by atoms with van der Waals surface area (Å²) in [5, 5.41) is 2.84. The molecule has 1 heterocycles. The number of benzene rings is 2. The van der Waals surface area contributed by atoms with Crippen LogP contribution in [0.15, 0.2) is 48.5 Å². The summed E-state index contributed by atoms with van der Waals surface area (Å²) in [5.41, 5.74) is 1.85. The highest BCUT2D eigenvalue weighted by Gasteiger charge is 2.20. The molecule has 0 bridgehead atoms. The first-order chi connectivity index (χ1) is 15.1. The smallest absolute Gasteiger partial charge is 0.255 e. The van der Waals surface area contributed by atoms with Gasteiger partial charge in [-0.3, -0.25) is 9.59 Å². The Morgan fingerprint density at radius 1 is 1.06 bits per heavy atom. The lowest BCUT2D eigenvalue weighted by Crippen LogP contribution is -2.36. The first-order valence-corrected chi connectivity index (χ1v) is 10.8. The third-order valence-corrected chi connectivity index (χ3v) is 5.14. The van der Waals surface area contributed by atoms with E-state index >= 15 is 0 Å². The van der Waals surface area contributed by atoms with Gasteiger partial charge in [-0.05, 0) is 61.6 Å². The Balaban J connectivity index is 1.68. The van der Waals surface area contributed by atoms with Crippen molar-refractivity contribution in [2.45, 2.75) is 32.6 Å². The molecule has 0 saturated carbocycles. The Morgan fingerprint density at radius 2 is 1.84 bits per heavy atom. The number of hydrogen-bond acceptors (Lipinski definition) is 4. The predicted molar refractivity (Wildman–Crippen MR) is 123 cm³/mol. The lowest BCUT2D eigenvalue weighted by molar-refractivity contribution is -0.111. The second-order valence-electron chi connectivity index (χ2n) is 7.48. The first kappa shape index (κ1) is 22.4. The van der Waals surface area contributed by atoms with Crippen LogP contribution in [0.4, 0.5) is 5.69 Å². The lowest BCUT2D eigenvalue weighted by atomic mass is 10.1. The van der Waals surface area contributed by atoms with Gasteiger partial charge in [-0.1, -0.05) is 25.1 Å². The van der Waals surface area contributed by atoms with Crippen molar-refractivity contribution >= 4 is 23.6 Å². The number of nitrogens with one attached hydrogen (secondary N) is 1. The maximum Gasteiger partial charge on any atom is 0.255 e. The average molecular weight is 423 g/mol. The second kappa shape index (κ2) is 11.2. The largest absolute Gasteiger partial charge is 0.493 e. The van der Waals surface area contributed by atoms with Crippen LogP contribution in [0, 0.1) is 0 Å². The molecule has 31 heavy (non-hydrogen) atoms. The highest BCUT2D eigenvalue weighted by molar-refractivity contribution is 6.07. The summed E-state index contributed by atoms with van der Waals surface area (Å²) in [6.45, 7) is 4.19. The molecule has 2 aromatic rings. The van der Waals surface area contributed by atoms with Crippen LogP contribution in [0.3, 0.4) is 0 Å². The van der Waals surface area contributed by atoms with Gasteiger partial charge in [0.15, 0.2) is 11.5 Å². The quantitative estimate of drug-likeness (QED) is 0.623. The fraction of sp³-hybridized carbons (Fsp3) is 0.360. The number of hydrogen-bond donors (Lipinski definition) is 1. The molecule has 1 aliphatic heterocycles. The van der Waals surface area contributed by atoms with Crippen LogP contribution >= 0.6 is 0 Å². The van der Waals surface area contributed by atoms with Crippen molar-refractivity contribution in [3.63, 3.8) is 0 Å². The summed E-state index contributed by atoms with van der Waals surface area (Å²) < 4.78 is 11.0. The van der Waals surface area contributed by atoms with Crippen LogP contribution in [0.5, 0.6) is 11.5 Å². The number of nitrogens with zero attached hydrogens (tertiary/aromatic N) is 1. The van der Waals surface area contributed by atoms with E-state index in [-0.39, 0.29) is 11.8 Å². The molecule has 2 aromatic carbocycles. The van der Waals surface area contributed by atoms with Gasteiger partial charge in [0.2, 0.25) is 5.91 Å². The Kier molecular flexibility index (Phi) is 8.10. The van der Waals surface area contributed by atoms with E-state index in [0.29, 0.717) is 29.4 Å². The fourth-order valence-corrected chi connectivity index (χ4v) is 3.51. The van der Waals surface area contributed by atoms with Crippen molar-refractivity contribution in [2.75, 3.05) is 32.1 Å². The van der Waals surface area contributed by atoms with E-state index in [9.17, 15) is 9.59 Å². The van der Waals surface area contributed by atoms with Crippen molar-refractivity contribution in [1.29, 1.82) is 0 Å². The second-order valence-corrected chi connectivity index (χ2v) is 7.48. The van der Waals surface area contributed by atoms with Crippen LogP contribution in [0.2, 0.25) is 0 Å². The summed E-state index contributed by atoms with van der Waals surface area (Å²) in [7, 11) is 1.59. The molecule has 6 nitrogen and oxygen atoms in total. The van der Waals surface area contributed by atoms with Gasteiger partial charge in [-0.25, -0.2) is 0 Å². The molecular formula is C25H30N2O4. The molecule has 164 valence electrons. The van der Waals surface area contributed by atoms with E-state index in [4.69, 9.17) is 9.47 Å². The van der Waals surface area contributed by atoms with E-state index in [1.165, 1.54) is 6.08 Å². The van der Waals surface area contributed by atoms with E-state index in [1.807, 2.05) is 42.2 Å². The van der Waals surface area contributed by atoms with E-state index in [0.717, 1.165) is 44.3 Å². The fourth-order valence-electron chi connectivity index (χ4n) is 3.51. The Bertz CT molecular complexity index is 933. The number of likely N-dealkylation sites (tertiary alicyclic amines) is 1. The normalized spacial score (nSPS) is 13.8. The summed E-state index contributed by atoms with van der Waals surface area (Å²) >= 11 is 0. The van der Waals surface area contributed by atoms with Gasteiger partial charge < -0.3 is 19.7 Å². The van der Waals surface area contributed by atoms with Gasteiger partial charge in [0.25, 0.3) is 5.91 Å². The number of rotatable bonds is 8. The Labute approximate surface area is 183 Å². The number of carbonyl (C=O) groups excluding carboxylic acids is 2. The van der Waals surface area contributed by atoms with Crippen molar-refractivity contribution in [3.05, 3.63) is 59.7 Å². The highest BCUT2D eigenvalue weighted by atomic mass is 16.5. The number of piperidine rings is 1. The average Bonchev–Trinajstić information content (AvgIpc) is 2.82. The van der Waals surface area contributed by atoms with Crippen molar-refractivity contribution < 1.29 is 19.1 Å². The van der Waals surface area contributed by atoms with E-state index in [2.05, 4.69) is 5.32 Å². The molecule has 3 rings (SSSR count). The topological polar surface area (TPSA) is 67.9 Å². The molecule has 0 aromatic heterocycles. The summed E-state index contributed by atoms with van der Waals surface area (Å²) in [6, 6.07) is 12.7. The molecule has 6 heteroatoms. The van der Waals surface area contributed by atoms with Gasteiger partial charge in [-0.2, -0.15) is 0 Å². The molecule has 0 atom stereocenters. The van der Waals surface area contributed by atoms with Gasteiger partial charge in [0.05, 0.1) is 25.0 Å². The number of ether oxygens (including phenoxy) is 2. The Hall–Kier alpha value is -3.28. The number of methoxy groups -OCH3 is 1. The molecular weight excluding hydrogens is 392 g/mol. The SMILES string of the molecule is CCCOc1ccc(/C=C/C(=O)Nc2ccccc2C(=O)N2CCCCC2)cc1OC. The minimum atomic E-state index is -0.302. The molecule has 1 aliphatic rings. The number of carbonyl (C=O) groups is 2. The van der Waals surface area contributed by atoms with Crippen LogP contribution in [0.1, 0.15) is 48.5 Å². The minimum Gasteiger partial charge on any atom is -0.493 e. The molecule has 0 spiro atoms. The molecule has 1 N–H and O–H groups in total. The van der Waals surface area contributed by atoms with Crippen LogP contribution in [-0.4, -0.2) is 43.5 Å². The van der Waals surface area contributed by atoms with Crippen molar-refractivity contribution in [2.24, 2.45) is 0 Å². The van der Waals surface area contributed by atoms with Gasteiger partial charge in [0.1, 0.15) is 0 Å². The standard InChI is InChI=1S/C25H30N2O4/c1-3-17-31-22-13-11-19(18-23(22)30-2)12-14-24(28)26-21-10-6-5-9-20(21)25(29)27-15-7-4-8-16-27/h5-6,9-14,18H,3-4,7-8,15-17H2,1-2H3,(H,26,28)/b14-12+. The molecule has 0 aliphatic carbocycles. The zero-order valence-corrected chi connectivity index (χ0v) is 18.2. The summed E-state index contributed by atoms with van der Waals surface area (Å²) in [4.78, 5) is 27.3. The Morgan fingerprint density at radius 3 is 2.58 bits per heavy atom. The highest BCUT2D eigenvalue weighted by Crippen LogP contribution is 2.28. The number of amides is 2. The third kappa shape index (κ3) is 6.10. The minimum absolute atomic E-state index is 0.0352. The lowest BCUT2D eigenvalue weighted by Gasteiger charge is -2.27. The molecule has 0 unspecified atom stereocenters.